The second-order valence-electron chi connectivity index (χ2n) is 7.20. The second kappa shape index (κ2) is 13.5. The molecule has 0 radical (unpaired) electrons. The van der Waals surface area contributed by atoms with Crippen molar-refractivity contribution < 1.29 is 9.13 Å². The van der Waals surface area contributed by atoms with Gasteiger partial charge in [0.2, 0.25) is 0 Å². The molecule has 0 amide bonds. The minimum atomic E-state index is -0.210. The summed E-state index contributed by atoms with van der Waals surface area (Å²) in [4.78, 5) is 4.72. The fourth-order valence-corrected chi connectivity index (χ4v) is 3.33. The Bertz CT molecular complexity index is 761. The van der Waals surface area contributed by atoms with Gasteiger partial charge in [-0.25, -0.2) is 4.39 Å². The van der Waals surface area contributed by atoms with Crippen LogP contribution in [-0.4, -0.2) is 53.1 Å². The average molecular weight is 530 g/mol. The molecule has 0 spiro atoms. The quantitative estimate of drug-likeness (QED) is 0.296. The largest absolute Gasteiger partial charge is 0.376 e. The molecule has 166 valence electrons. The number of nitrogens with zero attached hydrogens (tertiary/aromatic N) is 4. The molecule has 2 heterocycles. The number of hydrogen-bond acceptors (Lipinski definition) is 4. The number of aryl methyl sites for hydroxylation is 1. The summed E-state index contributed by atoms with van der Waals surface area (Å²) in [6.07, 6.45) is 7.02. The van der Waals surface area contributed by atoms with Crippen molar-refractivity contribution in [3.05, 3.63) is 47.8 Å². The summed E-state index contributed by atoms with van der Waals surface area (Å²) in [7, 11) is 0. The van der Waals surface area contributed by atoms with Crippen molar-refractivity contribution in [2.75, 3.05) is 26.2 Å². The molecule has 1 aromatic heterocycles. The maximum Gasteiger partial charge on any atom is 0.191 e. The molecule has 7 nitrogen and oxygen atoms in total. The van der Waals surface area contributed by atoms with Crippen molar-refractivity contribution >= 4 is 29.9 Å². The average Bonchev–Trinajstić information content (AvgIpc) is 3.21. The molecule has 0 aliphatic carbocycles. The van der Waals surface area contributed by atoms with Crippen LogP contribution in [0.5, 0.6) is 0 Å². The van der Waals surface area contributed by atoms with Crippen LogP contribution in [0.1, 0.15) is 37.6 Å². The van der Waals surface area contributed by atoms with Crippen LogP contribution >= 0.6 is 24.0 Å². The van der Waals surface area contributed by atoms with Gasteiger partial charge < -0.3 is 19.9 Å². The fraction of sp³-hybridized carbons (Fsp3) is 0.571. The molecule has 2 aromatic rings. The zero-order valence-corrected chi connectivity index (χ0v) is 19.8. The molecule has 30 heavy (non-hydrogen) atoms. The van der Waals surface area contributed by atoms with Gasteiger partial charge in [-0.05, 0) is 43.4 Å². The van der Waals surface area contributed by atoms with Crippen molar-refractivity contribution in [2.45, 2.75) is 51.7 Å². The van der Waals surface area contributed by atoms with E-state index in [1.54, 1.807) is 6.33 Å². The lowest BCUT2D eigenvalue weighted by atomic mass is 10.1. The van der Waals surface area contributed by atoms with Crippen LogP contribution in [0.3, 0.4) is 0 Å². The molecule has 1 aromatic carbocycles. The SMILES string of the molecule is CCc1nncn1CCNC(=NCC1CCCCO1)NCCc1ccc(F)cc1.I. The van der Waals surface area contributed by atoms with Crippen LogP contribution < -0.4 is 10.6 Å². The highest BCUT2D eigenvalue weighted by atomic mass is 127. The molecular weight excluding hydrogens is 498 g/mol. The highest BCUT2D eigenvalue weighted by molar-refractivity contribution is 14.0. The van der Waals surface area contributed by atoms with E-state index in [0.717, 1.165) is 69.3 Å². The minimum absolute atomic E-state index is 0. The predicted molar refractivity (Wildman–Crippen MR) is 127 cm³/mol. The maximum atomic E-state index is 13.1. The first-order valence-electron chi connectivity index (χ1n) is 10.5. The molecule has 1 aliphatic rings. The van der Waals surface area contributed by atoms with Gasteiger partial charge >= 0.3 is 0 Å². The van der Waals surface area contributed by atoms with E-state index in [9.17, 15) is 4.39 Å². The predicted octanol–water partition coefficient (Wildman–Crippen LogP) is 2.94. The first-order valence-corrected chi connectivity index (χ1v) is 10.5. The molecule has 9 heteroatoms. The van der Waals surface area contributed by atoms with E-state index in [4.69, 9.17) is 9.73 Å². The van der Waals surface area contributed by atoms with E-state index in [1.807, 2.05) is 16.7 Å². The van der Waals surface area contributed by atoms with Gasteiger partial charge in [0.25, 0.3) is 0 Å². The third-order valence-electron chi connectivity index (χ3n) is 5.00. The van der Waals surface area contributed by atoms with Crippen LogP contribution in [-0.2, 0) is 24.1 Å². The fourth-order valence-electron chi connectivity index (χ4n) is 3.33. The molecule has 1 atom stereocenters. The summed E-state index contributed by atoms with van der Waals surface area (Å²) in [5.41, 5.74) is 1.09. The second-order valence-corrected chi connectivity index (χ2v) is 7.20. The van der Waals surface area contributed by atoms with Gasteiger partial charge in [0.15, 0.2) is 5.96 Å². The van der Waals surface area contributed by atoms with Gasteiger partial charge in [0, 0.05) is 32.7 Å². The van der Waals surface area contributed by atoms with Gasteiger partial charge in [-0.3, -0.25) is 4.99 Å². The Morgan fingerprint density at radius 1 is 1.23 bits per heavy atom. The first kappa shape index (κ1) is 24.5. The summed E-state index contributed by atoms with van der Waals surface area (Å²) in [6.45, 7) is 5.76. The minimum Gasteiger partial charge on any atom is -0.376 e. The molecule has 1 aliphatic heterocycles. The van der Waals surface area contributed by atoms with Gasteiger partial charge in [0.1, 0.15) is 18.0 Å². The van der Waals surface area contributed by atoms with Crippen LogP contribution in [0.15, 0.2) is 35.6 Å². The number of guanidine groups is 1. The Hall–Kier alpha value is -1.75. The zero-order chi connectivity index (χ0) is 20.3. The van der Waals surface area contributed by atoms with Crippen LogP contribution in [0.25, 0.3) is 0 Å². The Labute approximate surface area is 194 Å². The van der Waals surface area contributed by atoms with Gasteiger partial charge in [0.05, 0.1) is 12.6 Å². The normalized spacial score (nSPS) is 16.7. The summed E-state index contributed by atoms with van der Waals surface area (Å²) >= 11 is 0. The number of ether oxygens (including phenoxy) is 1. The van der Waals surface area contributed by atoms with E-state index in [1.165, 1.54) is 18.6 Å². The number of aromatic nitrogens is 3. The van der Waals surface area contributed by atoms with Gasteiger partial charge in [-0.15, -0.1) is 34.2 Å². The summed E-state index contributed by atoms with van der Waals surface area (Å²) < 4.78 is 20.9. The molecule has 1 unspecified atom stereocenters. The van der Waals surface area contributed by atoms with Crippen LogP contribution in [0.4, 0.5) is 4.39 Å². The molecule has 1 saturated heterocycles. The number of nitrogens with one attached hydrogen (secondary N) is 2. The Morgan fingerprint density at radius 3 is 2.77 bits per heavy atom. The monoisotopic (exact) mass is 530 g/mol. The van der Waals surface area contributed by atoms with Crippen molar-refractivity contribution in [3.8, 4) is 0 Å². The highest BCUT2D eigenvalue weighted by Crippen LogP contribution is 2.12. The van der Waals surface area contributed by atoms with Crippen molar-refractivity contribution in [2.24, 2.45) is 4.99 Å². The molecular formula is C21H32FIN6O. The smallest absolute Gasteiger partial charge is 0.191 e. The van der Waals surface area contributed by atoms with Gasteiger partial charge in [-0.2, -0.15) is 0 Å². The van der Waals surface area contributed by atoms with E-state index >= 15 is 0 Å². The van der Waals surface area contributed by atoms with Crippen molar-refractivity contribution in [1.29, 1.82) is 0 Å². The highest BCUT2D eigenvalue weighted by Gasteiger charge is 2.13. The number of benzene rings is 1. The number of rotatable bonds is 9. The Morgan fingerprint density at radius 2 is 2.03 bits per heavy atom. The lowest BCUT2D eigenvalue weighted by molar-refractivity contribution is 0.0224. The summed E-state index contributed by atoms with van der Waals surface area (Å²) in [5, 5.41) is 14.9. The zero-order valence-electron chi connectivity index (χ0n) is 17.5. The van der Waals surface area contributed by atoms with E-state index in [0.29, 0.717) is 6.54 Å². The number of aliphatic imine (C=N–C) groups is 1. The molecule has 0 saturated carbocycles. The molecule has 0 bridgehead atoms. The third kappa shape index (κ3) is 8.17. The summed E-state index contributed by atoms with van der Waals surface area (Å²) in [6, 6.07) is 6.62. The van der Waals surface area contributed by atoms with Crippen molar-refractivity contribution in [1.82, 2.24) is 25.4 Å². The Balaban J connectivity index is 0.00000320. The van der Waals surface area contributed by atoms with Crippen LogP contribution in [0, 0.1) is 5.82 Å². The molecule has 1 fully saturated rings. The topological polar surface area (TPSA) is 76.4 Å². The number of halogens is 2. The Kier molecular flexibility index (Phi) is 11.1. The lowest BCUT2D eigenvalue weighted by Gasteiger charge is -2.21. The van der Waals surface area contributed by atoms with Crippen molar-refractivity contribution in [3.63, 3.8) is 0 Å². The summed E-state index contributed by atoms with van der Waals surface area (Å²) in [5.74, 6) is 1.54. The van der Waals surface area contributed by atoms with E-state index in [2.05, 4.69) is 27.8 Å². The maximum absolute atomic E-state index is 13.1. The number of hydrogen-bond donors (Lipinski definition) is 2. The standard InChI is InChI=1S/C21H31FN6O.HI/c1-2-20-27-26-16-28(20)13-12-24-21(25-15-19-5-3-4-14-29-19)23-11-10-17-6-8-18(22)9-7-17;/h6-9,16,19H,2-5,10-15H2,1H3,(H2,23,24,25);1H. The first-order chi connectivity index (χ1) is 14.2. The molecule has 2 N–H and O–H groups in total. The van der Waals surface area contributed by atoms with Crippen LogP contribution in [0.2, 0.25) is 0 Å². The van der Waals surface area contributed by atoms with E-state index < -0.39 is 0 Å². The third-order valence-corrected chi connectivity index (χ3v) is 5.00. The lowest BCUT2D eigenvalue weighted by Crippen LogP contribution is -2.40. The van der Waals surface area contributed by atoms with E-state index in [-0.39, 0.29) is 35.9 Å². The molecule has 3 rings (SSSR count). The van der Waals surface area contributed by atoms with Gasteiger partial charge in [-0.1, -0.05) is 19.1 Å².